The van der Waals surface area contributed by atoms with Crippen molar-refractivity contribution in [2.45, 2.75) is 18.7 Å². The van der Waals surface area contributed by atoms with Gasteiger partial charge in [0.15, 0.2) is 0 Å². The highest BCUT2D eigenvalue weighted by atomic mass is 35.5. The predicted octanol–water partition coefficient (Wildman–Crippen LogP) is 4.60. The van der Waals surface area contributed by atoms with Crippen molar-refractivity contribution in [3.05, 3.63) is 62.7 Å². The van der Waals surface area contributed by atoms with Gasteiger partial charge in [-0.15, -0.1) is 11.8 Å². The van der Waals surface area contributed by atoms with E-state index in [2.05, 4.69) is 5.32 Å². The molecule has 0 aromatic heterocycles. The highest BCUT2D eigenvalue weighted by Gasteiger charge is 2.19. The maximum atomic E-state index is 12.1. The minimum absolute atomic E-state index is 0.0904. The Morgan fingerprint density at radius 3 is 2.52 bits per heavy atom. The summed E-state index contributed by atoms with van der Waals surface area (Å²) in [5, 5.41) is 14.4. The van der Waals surface area contributed by atoms with Crippen molar-refractivity contribution in [2.24, 2.45) is 0 Å². The van der Waals surface area contributed by atoms with Crippen LogP contribution in [0.1, 0.15) is 11.1 Å². The van der Waals surface area contributed by atoms with Gasteiger partial charge in [-0.3, -0.25) is 14.9 Å². The quantitative estimate of drug-likeness (QED) is 0.486. The molecular weight excluding hydrogens is 336 g/mol. The molecule has 2 rings (SSSR count). The number of aryl methyl sites for hydroxylation is 2. The van der Waals surface area contributed by atoms with Gasteiger partial charge in [0.1, 0.15) is 5.69 Å². The van der Waals surface area contributed by atoms with Crippen LogP contribution in [-0.4, -0.2) is 16.6 Å². The summed E-state index contributed by atoms with van der Waals surface area (Å²) in [5.74, 6) is -0.133. The van der Waals surface area contributed by atoms with Gasteiger partial charge < -0.3 is 5.32 Å². The van der Waals surface area contributed by atoms with E-state index in [1.54, 1.807) is 32.0 Å². The fourth-order valence-electron chi connectivity index (χ4n) is 2.11. The normalized spacial score (nSPS) is 10.4. The van der Waals surface area contributed by atoms with Crippen molar-refractivity contribution in [1.29, 1.82) is 0 Å². The summed E-state index contributed by atoms with van der Waals surface area (Å²) in [6.07, 6.45) is 0. The summed E-state index contributed by atoms with van der Waals surface area (Å²) in [5.41, 5.74) is 1.61. The number of nitro benzene ring substituents is 1. The van der Waals surface area contributed by atoms with Crippen molar-refractivity contribution >= 4 is 40.6 Å². The lowest BCUT2D eigenvalue weighted by molar-refractivity contribution is -0.384. The molecule has 1 N–H and O–H groups in total. The third-order valence-corrected chi connectivity index (χ3v) is 4.37. The highest BCUT2D eigenvalue weighted by Crippen LogP contribution is 2.30. The van der Waals surface area contributed by atoms with Gasteiger partial charge in [0.2, 0.25) is 5.91 Å². The zero-order chi connectivity index (χ0) is 17.0. The van der Waals surface area contributed by atoms with Crippen molar-refractivity contribution < 1.29 is 9.72 Å². The fraction of sp³-hybridized carbons (Fsp3) is 0.188. The minimum Gasteiger partial charge on any atom is -0.319 e. The monoisotopic (exact) mass is 350 g/mol. The summed E-state index contributed by atoms with van der Waals surface area (Å²) < 4.78 is 0. The summed E-state index contributed by atoms with van der Waals surface area (Å²) in [6.45, 7) is 3.52. The van der Waals surface area contributed by atoms with Crippen LogP contribution in [0, 0.1) is 24.0 Å². The van der Waals surface area contributed by atoms with Gasteiger partial charge in [-0.05, 0) is 49.2 Å². The number of nitrogens with one attached hydrogen (secondary N) is 1. The second-order valence-corrected chi connectivity index (χ2v) is 6.51. The van der Waals surface area contributed by atoms with Crippen molar-refractivity contribution in [3.63, 3.8) is 0 Å². The van der Waals surface area contributed by atoms with Gasteiger partial charge >= 0.3 is 0 Å². The molecule has 2 aromatic rings. The molecule has 0 fully saturated rings. The highest BCUT2D eigenvalue weighted by molar-refractivity contribution is 8.00. The summed E-state index contributed by atoms with van der Waals surface area (Å²) >= 11 is 7.15. The van der Waals surface area contributed by atoms with Crippen LogP contribution in [0.4, 0.5) is 11.4 Å². The number of hydrogen-bond donors (Lipinski definition) is 1. The Morgan fingerprint density at radius 1 is 1.26 bits per heavy atom. The van der Waals surface area contributed by atoms with Crippen LogP contribution in [0.15, 0.2) is 41.3 Å². The Labute approximate surface area is 143 Å². The zero-order valence-electron chi connectivity index (χ0n) is 12.6. The molecule has 23 heavy (non-hydrogen) atoms. The second kappa shape index (κ2) is 7.48. The van der Waals surface area contributed by atoms with Gasteiger partial charge in [-0.2, -0.15) is 0 Å². The van der Waals surface area contributed by atoms with E-state index in [9.17, 15) is 14.9 Å². The molecule has 0 bridgehead atoms. The molecule has 0 saturated heterocycles. The van der Waals surface area contributed by atoms with Gasteiger partial charge in [0, 0.05) is 16.0 Å². The number of hydrogen-bond acceptors (Lipinski definition) is 4. The number of rotatable bonds is 5. The van der Waals surface area contributed by atoms with E-state index >= 15 is 0 Å². The maximum absolute atomic E-state index is 12.1. The molecule has 0 spiro atoms. The van der Waals surface area contributed by atoms with Gasteiger partial charge in [0.25, 0.3) is 5.69 Å². The molecule has 0 aliphatic carbocycles. The Hall–Kier alpha value is -2.05. The molecule has 5 nitrogen and oxygen atoms in total. The lowest BCUT2D eigenvalue weighted by atomic mass is 10.1. The second-order valence-electron chi connectivity index (χ2n) is 5.02. The average Bonchev–Trinajstić information content (AvgIpc) is 2.49. The Bertz CT molecular complexity index is 748. The smallest absolute Gasteiger partial charge is 0.293 e. The number of thioether (sulfide) groups is 1. The molecule has 0 aliphatic rings. The first-order chi connectivity index (χ1) is 10.9. The summed E-state index contributed by atoms with van der Waals surface area (Å²) in [7, 11) is 0. The van der Waals surface area contributed by atoms with Gasteiger partial charge in [0.05, 0.1) is 10.7 Å². The molecule has 0 saturated carbocycles. The minimum atomic E-state index is -0.484. The van der Waals surface area contributed by atoms with E-state index in [0.29, 0.717) is 10.6 Å². The number of carbonyl (C=O) groups is 1. The number of anilines is 1. The van der Waals surface area contributed by atoms with Crippen LogP contribution in [0.25, 0.3) is 0 Å². The Morgan fingerprint density at radius 2 is 1.91 bits per heavy atom. The number of halogens is 1. The number of amides is 1. The average molecular weight is 351 g/mol. The van der Waals surface area contributed by atoms with Crippen LogP contribution >= 0.6 is 23.4 Å². The van der Waals surface area contributed by atoms with Crippen molar-refractivity contribution in [1.82, 2.24) is 0 Å². The van der Waals surface area contributed by atoms with E-state index in [-0.39, 0.29) is 23.0 Å². The van der Waals surface area contributed by atoms with Crippen LogP contribution in [0.3, 0.4) is 0 Å². The molecule has 7 heteroatoms. The third kappa shape index (κ3) is 4.71. The first-order valence-electron chi connectivity index (χ1n) is 6.80. The molecule has 1 amide bonds. The molecule has 120 valence electrons. The molecule has 0 unspecified atom stereocenters. The van der Waals surface area contributed by atoms with E-state index in [0.717, 1.165) is 10.5 Å². The van der Waals surface area contributed by atoms with E-state index in [4.69, 9.17) is 11.6 Å². The molecule has 2 aromatic carbocycles. The molecule has 0 radical (unpaired) electrons. The van der Waals surface area contributed by atoms with E-state index < -0.39 is 4.92 Å². The number of nitro groups is 1. The maximum Gasteiger partial charge on any atom is 0.293 e. The SMILES string of the molecule is Cc1cc(C)c(NC(=O)CSc2ccc(Cl)cc2)c([N+](=O)[O-])c1. The van der Waals surface area contributed by atoms with Gasteiger partial charge in [-0.25, -0.2) is 0 Å². The van der Waals surface area contributed by atoms with Crippen LogP contribution in [-0.2, 0) is 4.79 Å². The topological polar surface area (TPSA) is 72.2 Å². The fourth-order valence-corrected chi connectivity index (χ4v) is 2.93. The largest absolute Gasteiger partial charge is 0.319 e. The summed E-state index contributed by atoms with van der Waals surface area (Å²) in [4.78, 5) is 23.7. The Kier molecular flexibility index (Phi) is 5.63. The number of carbonyl (C=O) groups excluding carboxylic acids is 1. The zero-order valence-corrected chi connectivity index (χ0v) is 14.2. The Balaban J connectivity index is 2.08. The molecule has 0 heterocycles. The molecule has 0 atom stereocenters. The first-order valence-corrected chi connectivity index (χ1v) is 8.17. The standard InChI is InChI=1S/C16H15ClN2O3S/c1-10-7-11(2)16(14(8-10)19(21)22)18-15(20)9-23-13-5-3-12(17)4-6-13/h3-8H,9H2,1-2H3,(H,18,20). The van der Waals surface area contributed by atoms with Crippen LogP contribution < -0.4 is 5.32 Å². The van der Waals surface area contributed by atoms with E-state index in [1.807, 2.05) is 12.1 Å². The number of nitrogens with zero attached hydrogens (tertiary/aromatic N) is 1. The van der Waals surface area contributed by atoms with Gasteiger partial charge in [-0.1, -0.05) is 17.7 Å². The third-order valence-electron chi connectivity index (χ3n) is 3.10. The molecular formula is C16H15ClN2O3S. The number of benzene rings is 2. The summed E-state index contributed by atoms with van der Waals surface area (Å²) in [6, 6.07) is 10.4. The van der Waals surface area contributed by atoms with Crippen molar-refractivity contribution in [3.8, 4) is 0 Å². The predicted molar refractivity (Wildman–Crippen MR) is 93.4 cm³/mol. The lowest BCUT2D eigenvalue weighted by Gasteiger charge is -2.10. The van der Waals surface area contributed by atoms with Crippen LogP contribution in [0.2, 0.25) is 5.02 Å². The first kappa shape index (κ1) is 17.3. The van der Waals surface area contributed by atoms with E-state index in [1.165, 1.54) is 17.8 Å². The van der Waals surface area contributed by atoms with Crippen LogP contribution in [0.5, 0.6) is 0 Å². The van der Waals surface area contributed by atoms with Crippen molar-refractivity contribution in [2.75, 3.05) is 11.1 Å². The lowest BCUT2D eigenvalue weighted by Crippen LogP contribution is -2.16. The molecule has 0 aliphatic heterocycles.